The van der Waals surface area contributed by atoms with E-state index in [4.69, 9.17) is 23.2 Å². The number of carbonyl (C=O) groups is 2. The minimum absolute atomic E-state index is 0.104. The van der Waals surface area contributed by atoms with Gasteiger partial charge in [-0.3, -0.25) is 0 Å². The summed E-state index contributed by atoms with van der Waals surface area (Å²) in [5, 5.41) is 21.2. The highest BCUT2D eigenvalue weighted by Crippen LogP contribution is 2.09. The van der Waals surface area contributed by atoms with Gasteiger partial charge in [0.2, 0.25) is 0 Å². The second kappa shape index (κ2) is 13.2. The van der Waals surface area contributed by atoms with Crippen LogP contribution < -0.4 is 21.7 Å². The average Bonchev–Trinajstić information content (AvgIpc) is 2.57. The van der Waals surface area contributed by atoms with Crippen molar-refractivity contribution in [3.63, 3.8) is 0 Å². The Kier molecular flexibility index (Phi) is 12.1. The molecule has 0 radical (unpaired) electrons. The van der Waals surface area contributed by atoms with Gasteiger partial charge in [0.25, 0.3) is 0 Å². The Labute approximate surface area is 156 Å². The minimum atomic E-state index is -1.21. The van der Waals surface area contributed by atoms with Crippen molar-refractivity contribution in [1.29, 1.82) is 0 Å². The molecule has 2 rings (SSSR count). The Morgan fingerprint density at radius 2 is 1.16 bits per heavy atom. The van der Waals surface area contributed by atoms with Crippen LogP contribution in [0.3, 0.4) is 0 Å². The fourth-order valence-corrected chi connectivity index (χ4v) is 1.79. The van der Waals surface area contributed by atoms with Gasteiger partial charge >= 0.3 is 0 Å². The van der Waals surface area contributed by atoms with E-state index in [1.165, 1.54) is 30.7 Å². The van der Waals surface area contributed by atoms with Crippen LogP contribution in [0.2, 0.25) is 10.0 Å². The van der Waals surface area contributed by atoms with Crippen molar-refractivity contribution in [2.45, 2.75) is 6.42 Å². The van der Waals surface area contributed by atoms with Crippen molar-refractivity contribution in [3.8, 4) is 0 Å². The van der Waals surface area contributed by atoms with E-state index in [1.807, 2.05) is 0 Å². The summed E-state index contributed by atoms with van der Waals surface area (Å²) in [5.74, 6) is -2.41. The molecule has 0 saturated carbocycles. The Hall–Kier alpha value is -2.12. The van der Waals surface area contributed by atoms with Gasteiger partial charge in [0, 0.05) is 16.5 Å². The second-order valence-corrected chi connectivity index (χ2v) is 5.53. The molecule has 0 unspecified atom stereocenters. The lowest BCUT2D eigenvalue weighted by Gasteiger charge is -2.00. The Morgan fingerprint density at radius 3 is 1.32 bits per heavy atom. The number of hydrogen-bond donors (Lipinski definition) is 2. The van der Waals surface area contributed by atoms with Gasteiger partial charge in [-0.25, -0.2) is 0 Å². The van der Waals surface area contributed by atoms with Gasteiger partial charge in [-0.05, 0) is 35.4 Å². The van der Waals surface area contributed by atoms with Gasteiger partial charge in [-0.15, -0.1) is 0 Å². The molecule has 0 aromatic heterocycles. The van der Waals surface area contributed by atoms with E-state index in [0.717, 1.165) is 13.1 Å². The molecule has 0 aliphatic heterocycles. The zero-order valence-electron chi connectivity index (χ0n) is 13.5. The van der Waals surface area contributed by atoms with E-state index in [9.17, 15) is 19.8 Å². The maximum absolute atomic E-state index is 10.2. The Morgan fingerprint density at radius 1 is 0.800 bits per heavy atom. The highest BCUT2D eigenvalue weighted by molar-refractivity contribution is 6.31. The molecule has 6 N–H and O–H groups in total. The molecule has 2 aromatic rings. The van der Waals surface area contributed by atoms with E-state index in [0.29, 0.717) is 10.0 Å². The first-order chi connectivity index (χ1) is 11.8. The van der Waals surface area contributed by atoms with Crippen LogP contribution >= 0.6 is 23.2 Å². The fourth-order valence-electron chi connectivity index (χ4n) is 1.41. The van der Waals surface area contributed by atoms with Crippen LogP contribution in [0.5, 0.6) is 0 Å². The Bertz CT molecular complexity index is 624. The predicted octanol–water partition coefficient (Wildman–Crippen LogP) is -0.733. The van der Waals surface area contributed by atoms with Crippen LogP contribution in [-0.4, -0.2) is 25.0 Å². The van der Waals surface area contributed by atoms with Crippen molar-refractivity contribution >= 4 is 35.1 Å². The molecular weight excluding hydrogens is 367 g/mol. The van der Waals surface area contributed by atoms with Crippen LogP contribution in [0, 0.1) is 0 Å². The van der Waals surface area contributed by atoms with Crippen LogP contribution in [0.25, 0.3) is 0 Å². The molecule has 0 spiro atoms. The monoisotopic (exact) mass is 386 g/mol. The number of carboxylic acids is 2. The van der Waals surface area contributed by atoms with Crippen LogP contribution in [0.15, 0.2) is 48.5 Å². The van der Waals surface area contributed by atoms with Crippen molar-refractivity contribution in [1.82, 2.24) is 0 Å². The SMILES string of the molecule is O=C([O-])c1cccc(Cl)c1.O=C([O-])c1cccc(Cl)c1.[NH3+]CCC[NH3+]. The zero-order valence-corrected chi connectivity index (χ0v) is 15.1. The number of benzene rings is 2. The topological polar surface area (TPSA) is 136 Å². The summed E-state index contributed by atoms with van der Waals surface area (Å²) in [6.07, 6.45) is 1.17. The molecule has 0 amide bonds. The van der Waals surface area contributed by atoms with Crippen molar-refractivity contribution < 1.29 is 31.3 Å². The molecule has 6 nitrogen and oxygen atoms in total. The van der Waals surface area contributed by atoms with Gasteiger partial charge in [0.05, 0.1) is 25.0 Å². The number of quaternary nitrogens is 2. The number of carbonyl (C=O) groups excluding carboxylic acids is 2. The van der Waals surface area contributed by atoms with Gasteiger partial charge in [0.1, 0.15) is 0 Å². The second-order valence-electron chi connectivity index (χ2n) is 4.66. The van der Waals surface area contributed by atoms with Crippen molar-refractivity contribution in [3.05, 3.63) is 69.7 Å². The first-order valence-corrected chi connectivity index (χ1v) is 8.09. The molecule has 0 aliphatic carbocycles. The summed E-state index contributed by atoms with van der Waals surface area (Å²) < 4.78 is 0. The predicted molar refractivity (Wildman–Crippen MR) is 91.7 cm³/mol. The molecule has 25 heavy (non-hydrogen) atoms. The number of aromatic carboxylic acids is 2. The van der Waals surface area contributed by atoms with Gasteiger partial charge in [0.15, 0.2) is 0 Å². The lowest BCUT2D eigenvalue weighted by atomic mass is 10.2. The molecule has 8 heteroatoms. The van der Waals surface area contributed by atoms with Crippen molar-refractivity contribution in [2.24, 2.45) is 0 Å². The largest absolute Gasteiger partial charge is 0.545 e. The van der Waals surface area contributed by atoms with Gasteiger partial charge in [-0.2, -0.15) is 0 Å². The first-order valence-electron chi connectivity index (χ1n) is 7.34. The van der Waals surface area contributed by atoms with Crippen LogP contribution in [0.4, 0.5) is 0 Å². The fraction of sp³-hybridized carbons (Fsp3) is 0.176. The smallest absolute Gasteiger partial charge is 0.0794 e. The molecule has 0 fully saturated rings. The normalized spacial score (nSPS) is 9.12. The summed E-state index contributed by atoms with van der Waals surface area (Å²) in [4.78, 5) is 20.4. The van der Waals surface area contributed by atoms with Crippen LogP contribution in [0.1, 0.15) is 27.1 Å². The molecule has 0 bridgehead atoms. The van der Waals surface area contributed by atoms with E-state index in [2.05, 4.69) is 11.5 Å². The highest BCUT2D eigenvalue weighted by atomic mass is 35.5. The summed E-state index contributed by atoms with van der Waals surface area (Å²) in [6, 6.07) is 11.9. The third-order valence-corrected chi connectivity index (χ3v) is 3.09. The Balaban J connectivity index is 0.000000368. The molecule has 0 heterocycles. The molecule has 0 aliphatic rings. The maximum atomic E-state index is 10.2. The summed E-state index contributed by atoms with van der Waals surface area (Å²) >= 11 is 11.0. The standard InChI is InChI=1S/2C7H5ClO2.C3H10N2/c2*8-6-3-1-2-5(4-6)7(9)10;4-2-1-3-5/h2*1-4H,(H,9,10);1-5H2. The molecule has 0 saturated heterocycles. The van der Waals surface area contributed by atoms with Gasteiger partial charge < -0.3 is 31.3 Å². The number of carboxylic acid groups (broad SMARTS) is 2. The quantitative estimate of drug-likeness (QED) is 0.715. The minimum Gasteiger partial charge on any atom is -0.545 e. The van der Waals surface area contributed by atoms with E-state index in [1.54, 1.807) is 24.3 Å². The highest BCUT2D eigenvalue weighted by Gasteiger charge is 1.92. The summed E-state index contributed by atoms with van der Waals surface area (Å²) in [6.45, 7) is 2.06. The first kappa shape index (κ1) is 22.9. The van der Waals surface area contributed by atoms with E-state index >= 15 is 0 Å². The maximum Gasteiger partial charge on any atom is 0.0794 e. The molecule has 2 aromatic carbocycles. The van der Waals surface area contributed by atoms with E-state index < -0.39 is 11.9 Å². The molecular formula is C17H20Cl2N2O4. The average molecular weight is 387 g/mol. The zero-order chi connectivity index (χ0) is 19.2. The molecule has 136 valence electrons. The molecule has 0 atom stereocenters. The van der Waals surface area contributed by atoms with Gasteiger partial charge in [-0.1, -0.05) is 47.5 Å². The third kappa shape index (κ3) is 11.1. The lowest BCUT2D eigenvalue weighted by molar-refractivity contribution is -0.404. The number of halogens is 2. The van der Waals surface area contributed by atoms with E-state index in [-0.39, 0.29) is 11.1 Å². The number of hydrogen-bond acceptors (Lipinski definition) is 4. The van der Waals surface area contributed by atoms with Crippen molar-refractivity contribution in [2.75, 3.05) is 13.1 Å². The van der Waals surface area contributed by atoms with Crippen LogP contribution in [-0.2, 0) is 0 Å². The third-order valence-electron chi connectivity index (χ3n) is 2.62. The lowest BCUT2D eigenvalue weighted by Crippen LogP contribution is -2.56. The summed E-state index contributed by atoms with van der Waals surface area (Å²) in [7, 11) is 0. The summed E-state index contributed by atoms with van der Waals surface area (Å²) in [5.41, 5.74) is 7.48. The number of rotatable bonds is 4.